The van der Waals surface area contributed by atoms with Crippen LogP contribution < -0.4 is 0 Å². The maximum atomic E-state index is 11.7. The second-order valence-electron chi connectivity index (χ2n) is 2.91. The van der Waals surface area contributed by atoms with Crippen molar-refractivity contribution in [2.45, 2.75) is 5.75 Å². The molecule has 0 bridgehead atoms. The molecule has 0 aromatic carbocycles. The number of pyridine rings is 1. The first-order chi connectivity index (χ1) is 6.94. The highest BCUT2D eigenvalue weighted by atomic mass is 35.5. The molecule has 1 heterocycles. The average Bonchev–Trinajstić information content (AvgIpc) is 2.10. The van der Waals surface area contributed by atoms with Gasteiger partial charge in [0.25, 0.3) is 0 Å². The van der Waals surface area contributed by atoms with Gasteiger partial charge < -0.3 is 0 Å². The maximum absolute atomic E-state index is 11.7. The zero-order valence-corrected chi connectivity index (χ0v) is 10.1. The van der Waals surface area contributed by atoms with Gasteiger partial charge in [0.2, 0.25) is 6.19 Å². The lowest BCUT2D eigenvalue weighted by Crippen LogP contribution is -2.01. The molecule has 80 valence electrons. The van der Waals surface area contributed by atoms with Crippen LogP contribution in [0.25, 0.3) is 0 Å². The van der Waals surface area contributed by atoms with Crippen LogP contribution in [0.1, 0.15) is 5.56 Å². The summed E-state index contributed by atoms with van der Waals surface area (Å²) < 4.78 is 15.0. The summed E-state index contributed by atoms with van der Waals surface area (Å²) in [6, 6.07) is 1.56. The lowest BCUT2D eigenvalue weighted by atomic mass is 10.3. The molecule has 1 aromatic heterocycles. The van der Waals surface area contributed by atoms with Gasteiger partial charge in [-0.2, -0.15) is 5.26 Å². The molecule has 0 saturated carbocycles. The van der Waals surface area contributed by atoms with E-state index in [0.29, 0.717) is 10.6 Å². The molecule has 1 aromatic rings. The Balaban J connectivity index is 3.03. The Morgan fingerprint density at radius 2 is 2.33 bits per heavy atom. The van der Waals surface area contributed by atoms with Crippen LogP contribution in [0.4, 0.5) is 0 Å². The monoisotopic (exact) mass is 263 g/mol. The molecule has 0 spiro atoms. The highest BCUT2D eigenvalue weighted by molar-refractivity contribution is 7.92. The molecule has 0 radical (unpaired) electrons. The van der Waals surface area contributed by atoms with Crippen LogP contribution in [0.2, 0.25) is 10.2 Å². The molecule has 1 atom stereocenters. The molecular formula is C8H7Cl2N3OS. The fourth-order valence-corrected chi connectivity index (χ4v) is 2.27. The summed E-state index contributed by atoms with van der Waals surface area (Å²) >= 11 is 11.4. The van der Waals surface area contributed by atoms with E-state index in [2.05, 4.69) is 9.35 Å². The number of halogens is 2. The minimum Gasteiger partial charge on any atom is -0.249 e. The molecule has 0 fully saturated rings. The highest BCUT2D eigenvalue weighted by Crippen LogP contribution is 2.20. The molecule has 0 N–H and O–H groups in total. The van der Waals surface area contributed by atoms with Crippen molar-refractivity contribution in [3.8, 4) is 6.19 Å². The van der Waals surface area contributed by atoms with Crippen LogP contribution >= 0.6 is 23.2 Å². The maximum Gasteiger partial charge on any atom is 0.214 e. The number of aromatic nitrogens is 1. The summed E-state index contributed by atoms with van der Waals surface area (Å²) in [6.07, 6.45) is 4.39. The fourth-order valence-electron chi connectivity index (χ4n) is 0.968. The van der Waals surface area contributed by atoms with Crippen molar-refractivity contribution < 1.29 is 4.21 Å². The summed E-state index contributed by atoms with van der Waals surface area (Å²) in [5.41, 5.74) is 0.635. The van der Waals surface area contributed by atoms with Gasteiger partial charge in [0.1, 0.15) is 5.15 Å². The Kier molecular flexibility index (Phi) is 3.91. The Bertz CT molecular complexity index is 529. The van der Waals surface area contributed by atoms with Crippen LogP contribution in [0.15, 0.2) is 16.6 Å². The van der Waals surface area contributed by atoms with Gasteiger partial charge in [0, 0.05) is 12.5 Å². The molecule has 1 unspecified atom stereocenters. The average molecular weight is 264 g/mol. The molecule has 15 heavy (non-hydrogen) atoms. The Labute approximate surface area is 98.0 Å². The predicted octanol–water partition coefficient (Wildman–Crippen LogP) is 2.47. The van der Waals surface area contributed by atoms with E-state index in [1.165, 1.54) is 18.6 Å². The standard InChI is InChI=1S/C8H7Cl2N3OS/c1-15(14,13-5-11)4-6-2-7(9)8(10)12-3-6/h2-3H,4H2,1H3. The SMILES string of the molecule is CS(=O)(Cc1cnc(Cl)c(Cl)c1)=NC#N. The van der Waals surface area contributed by atoms with Crippen LogP contribution in [-0.4, -0.2) is 15.4 Å². The van der Waals surface area contributed by atoms with E-state index in [9.17, 15) is 4.21 Å². The van der Waals surface area contributed by atoms with Gasteiger partial charge in [-0.15, -0.1) is 4.36 Å². The first kappa shape index (κ1) is 12.2. The van der Waals surface area contributed by atoms with Crippen molar-refractivity contribution in [1.29, 1.82) is 5.26 Å². The summed E-state index contributed by atoms with van der Waals surface area (Å²) in [5, 5.41) is 8.81. The zero-order valence-electron chi connectivity index (χ0n) is 7.78. The van der Waals surface area contributed by atoms with Crippen molar-refractivity contribution in [3.63, 3.8) is 0 Å². The van der Waals surface area contributed by atoms with E-state index >= 15 is 0 Å². The van der Waals surface area contributed by atoms with Crippen molar-refractivity contribution in [1.82, 2.24) is 4.98 Å². The van der Waals surface area contributed by atoms with Crippen molar-refractivity contribution >= 4 is 32.9 Å². The number of nitrogens with zero attached hydrogens (tertiary/aromatic N) is 3. The van der Waals surface area contributed by atoms with E-state index in [1.807, 2.05) is 0 Å². The normalized spacial score (nSPS) is 14.0. The smallest absolute Gasteiger partial charge is 0.214 e. The predicted molar refractivity (Wildman–Crippen MR) is 60.1 cm³/mol. The van der Waals surface area contributed by atoms with E-state index in [0.717, 1.165) is 0 Å². The van der Waals surface area contributed by atoms with Gasteiger partial charge in [-0.3, -0.25) is 0 Å². The van der Waals surface area contributed by atoms with Gasteiger partial charge >= 0.3 is 0 Å². The fraction of sp³-hybridized carbons (Fsp3) is 0.250. The van der Waals surface area contributed by atoms with Gasteiger partial charge in [-0.25, -0.2) is 9.19 Å². The molecule has 1 rings (SSSR count). The molecule has 7 heteroatoms. The van der Waals surface area contributed by atoms with Crippen LogP contribution in [-0.2, 0) is 15.5 Å². The number of hydrogen-bond donors (Lipinski definition) is 0. The molecule has 0 saturated heterocycles. The minimum atomic E-state index is -2.54. The van der Waals surface area contributed by atoms with Crippen LogP contribution in [0.3, 0.4) is 0 Å². The largest absolute Gasteiger partial charge is 0.249 e. The van der Waals surface area contributed by atoms with E-state index in [4.69, 9.17) is 28.5 Å². The van der Waals surface area contributed by atoms with Gasteiger partial charge in [0.05, 0.1) is 20.5 Å². The highest BCUT2D eigenvalue weighted by Gasteiger charge is 2.06. The minimum absolute atomic E-state index is 0.129. The third-order valence-electron chi connectivity index (χ3n) is 1.52. The van der Waals surface area contributed by atoms with Gasteiger partial charge in [-0.05, 0) is 11.6 Å². The number of nitriles is 1. The van der Waals surface area contributed by atoms with E-state index in [1.54, 1.807) is 6.07 Å². The summed E-state index contributed by atoms with van der Waals surface area (Å²) in [4.78, 5) is 3.81. The second-order valence-corrected chi connectivity index (χ2v) is 6.07. The quantitative estimate of drug-likeness (QED) is 0.608. The topological polar surface area (TPSA) is 66.1 Å². The summed E-state index contributed by atoms with van der Waals surface area (Å²) in [7, 11) is -2.54. The first-order valence-corrected chi connectivity index (χ1v) is 6.67. The third-order valence-corrected chi connectivity index (χ3v) is 3.54. The third kappa shape index (κ3) is 3.67. The molecular weight excluding hydrogens is 257 g/mol. The summed E-state index contributed by atoms with van der Waals surface area (Å²) in [5.74, 6) is 0.129. The van der Waals surface area contributed by atoms with Crippen LogP contribution in [0, 0.1) is 11.5 Å². The van der Waals surface area contributed by atoms with Gasteiger partial charge in [0.15, 0.2) is 0 Å². The van der Waals surface area contributed by atoms with Crippen LogP contribution in [0.5, 0.6) is 0 Å². The lowest BCUT2D eigenvalue weighted by Gasteiger charge is -2.02. The number of hydrogen-bond acceptors (Lipinski definition) is 4. The van der Waals surface area contributed by atoms with E-state index in [-0.39, 0.29) is 10.9 Å². The summed E-state index contributed by atoms with van der Waals surface area (Å²) in [6.45, 7) is 0. The number of rotatable bonds is 2. The zero-order chi connectivity index (χ0) is 11.5. The lowest BCUT2D eigenvalue weighted by molar-refractivity contribution is 0.680. The molecule has 0 amide bonds. The Morgan fingerprint density at radius 1 is 1.67 bits per heavy atom. The molecule has 0 aliphatic carbocycles. The van der Waals surface area contributed by atoms with E-state index < -0.39 is 9.73 Å². The second kappa shape index (κ2) is 4.79. The van der Waals surface area contributed by atoms with Crippen molar-refractivity contribution in [3.05, 3.63) is 28.0 Å². The Morgan fingerprint density at radius 3 is 2.87 bits per heavy atom. The Hall–Kier alpha value is -0.830. The van der Waals surface area contributed by atoms with Crippen molar-refractivity contribution in [2.24, 2.45) is 4.36 Å². The van der Waals surface area contributed by atoms with Gasteiger partial charge in [-0.1, -0.05) is 23.2 Å². The molecule has 0 aliphatic rings. The molecule has 4 nitrogen and oxygen atoms in total. The van der Waals surface area contributed by atoms with Crippen molar-refractivity contribution in [2.75, 3.05) is 6.26 Å². The molecule has 0 aliphatic heterocycles. The first-order valence-electron chi connectivity index (χ1n) is 3.82.